The van der Waals surface area contributed by atoms with Crippen molar-refractivity contribution >= 4 is 67.1 Å². The van der Waals surface area contributed by atoms with Gasteiger partial charge in [-0.1, -0.05) is 18.1 Å². The predicted molar refractivity (Wildman–Crippen MR) is 90.5 cm³/mol. The van der Waals surface area contributed by atoms with Crippen LogP contribution in [0.5, 0.6) is 0 Å². The summed E-state index contributed by atoms with van der Waals surface area (Å²) in [6.07, 6.45) is -2.29. The Kier molecular flexibility index (Phi) is 5.11. The highest BCUT2D eigenvalue weighted by atomic mass is 35.9. The molecule has 0 unspecified atom stereocenters. The van der Waals surface area contributed by atoms with Gasteiger partial charge in [-0.2, -0.15) is 0 Å². The Bertz CT molecular complexity index is 407. The lowest BCUT2D eigenvalue weighted by Gasteiger charge is -2.43. The SMILES string of the molecule is CCC1([Si](Cl)(Cl)[Si](Cl)(Cl)Cl)C(C)=C(C)C(C)=C1C. The van der Waals surface area contributed by atoms with Gasteiger partial charge in [0.1, 0.15) is 0 Å². The quantitative estimate of drug-likeness (QED) is 0.387. The van der Waals surface area contributed by atoms with Gasteiger partial charge in [-0.25, -0.2) is 0 Å². The van der Waals surface area contributed by atoms with E-state index >= 15 is 0 Å². The fourth-order valence-corrected chi connectivity index (χ4v) is 15.2. The average Bonchev–Trinajstić information content (AvgIpc) is 2.40. The Morgan fingerprint density at radius 2 is 1.17 bits per heavy atom. The summed E-state index contributed by atoms with van der Waals surface area (Å²) < 4.78 is 0. The summed E-state index contributed by atoms with van der Waals surface area (Å²) in [4.78, 5) is 0. The Balaban J connectivity index is 3.61. The molecular formula is C11H17Cl5Si2. The van der Waals surface area contributed by atoms with E-state index in [4.69, 9.17) is 55.4 Å². The van der Waals surface area contributed by atoms with E-state index in [0.717, 1.165) is 6.42 Å². The van der Waals surface area contributed by atoms with Gasteiger partial charge in [0.05, 0.1) is 0 Å². The Morgan fingerprint density at radius 3 is 1.39 bits per heavy atom. The first kappa shape index (κ1) is 17.4. The molecule has 0 heterocycles. The molecule has 0 fully saturated rings. The van der Waals surface area contributed by atoms with E-state index in [1.807, 2.05) is 0 Å². The van der Waals surface area contributed by atoms with Gasteiger partial charge in [0.2, 0.25) is 0 Å². The van der Waals surface area contributed by atoms with E-state index in [2.05, 4.69) is 34.6 Å². The molecule has 0 saturated carbocycles. The molecule has 0 aliphatic heterocycles. The third-order valence-corrected chi connectivity index (χ3v) is 30.6. The largest absolute Gasteiger partial charge is 0.359 e. The molecule has 0 bridgehead atoms. The molecule has 0 radical (unpaired) electrons. The maximum absolute atomic E-state index is 6.70. The fraction of sp³-hybridized carbons (Fsp3) is 0.636. The minimum Gasteiger partial charge on any atom is -0.144 e. The smallest absolute Gasteiger partial charge is 0.144 e. The first-order valence-corrected chi connectivity index (χ1v) is 15.8. The molecule has 0 N–H and O–H groups in total. The van der Waals surface area contributed by atoms with Crippen LogP contribution in [0.15, 0.2) is 22.3 Å². The van der Waals surface area contributed by atoms with Crippen LogP contribution >= 0.6 is 55.4 Å². The minimum atomic E-state index is -3.17. The van der Waals surface area contributed by atoms with Crippen LogP contribution in [0.25, 0.3) is 0 Å². The van der Waals surface area contributed by atoms with Gasteiger partial charge < -0.3 is 0 Å². The van der Waals surface area contributed by atoms with Crippen LogP contribution in [0, 0.1) is 0 Å². The second-order valence-electron chi connectivity index (χ2n) is 4.83. The van der Waals surface area contributed by atoms with E-state index in [-0.39, 0.29) is 0 Å². The molecule has 0 atom stereocenters. The molecular weight excluding hydrogens is 366 g/mol. The van der Waals surface area contributed by atoms with E-state index in [9.17, 15) is 0 Å². The van der Waals surface area contributed by atoms with E-state index in [0.29, 0.717) is 0 Å². The highest BCUT2D eigenvalue weighted by molar-refractivity contribution is 8.03. The maximum Gasteiger partial charge on any atom is 0.359 e. The molecule has 0 aromatic heterocycles. The van der Waals surface area contributed by atoms with Crippen molar-refractivity contribution in [1.29, 1.82) is 0 Å². The first-order valence-electron chi connectivity index (χ1n) is 5.76. The second-order valence-corrected chi connectivity index (χ2v) is 27.9. The number of rotatable bonds is 3. The van der Waals surface area contributed by atoms with E-state index < -0.39 is 16.8 Å². The molecule has 0 aromatic carbocycles. The molecule has 1 aliphatic carbocycles. The molecule has 1 rings (SSSR count). The topological polar surface area (TPSA) is 0 Å². The summed E-state index contributed by atoms with van der Waals surface area (Å²) >= 11 is 32.1. The van der Waals surface area contributed by atoms with Crippen LogP contribution in [-0.4, -0.2) is 11.7 Å². The van der Waals surface area contributed by atoms with Crippen LogP contribution in [-0.2, 0) is 0 Å². The molecule has 0 nitrogen and oxygen atoms in total. The zero-order valence-electron chi connectivity index (χ0n) is 11.1. The third-order valence-electron chi connectivity index (χ3n) is 4.39. The van der Waals surface area contributed by atoms with Crippen LogP contribution in [0.3, 0.4) is 0 Å². The van der Waals surface area contributed by atoms with Gasteiger partial charge in [0.15, 0.2) is 0 Å². The molecule has 0 spiro atoms. The lowest BCUT2D eigenvalue weighted by Crippen LogP contribution is -2.53. The summed E-state index contributed by atoms with van der Waals surface area (Å²) in [5.41, 5.74) is 1.65. The first-order chi connectivity index (χ1) is 7.95. The summed E-state index contributed by atoms with van der Waals surface area (Å²) in [7, 11) is 0. The zero-order chi connectivity index (χ0) is 14.5. The summed E-state index contributed by atoms with van der Waals surface area (Å²) in [5, 5.41) is -0.429. The van der Waals surface area contributed by atoms with Crippen LogP contribution < -0.4 is 0 Å². The Morgan fingerprint density at radius 1 is 0.833 bits per heavy atom. The molecule has 1 aliphatic rings. The molecule has 18 heavy (non-hydrogen) atoms. The third kappa shape index (κ3) is 2.16. The highest BCUT2D eigenvalue weighted by Crippen LogP contribution is 2.66. The number of halogens is 5. The van der Waals surface area contributed by atoms with Gasteiger partial charge in [-0.15, -0.1) is 55.4 Å². The molecule has 0 aromatic rings. The normalized spacial score (nSPS) is 21.0. The Hall–Kier alpha value is 1.36. The predicted octanol–water partition coefficient (Wildman–Crippen LogP) is 6.48. The van der Waals surface area contributed by atoms with Crippen molar-refractivity contribution in [3.05, 3.63) is 22.3 Å². The summed E-state index contributed by atoms with van der Waals surface area (Å²) in [6, 6.07) is 0. The van der Waals surface area contributed by atoms with Gasteiger partial charge in [0.25, 0.3) is 0 Å². The van der Waals surface area contributed by atoms with E-state index in [1.54, 1.807) is 0 Å². The maximum atomic E-state index is 6.70. The molecule has 0 saturated heterocycles. The molecule has 7 heteroatoms. The van der Waals surface area contributed by atoms with Crippen LogP contribution in [0.4, 0.5) is 0 Å². The fourth-order valence-electron chi connectivity index (χ4n) is 2.95. The van der Waals surface area contributed by atoms with Gasteiger partial charge in [-0.3, -0.25) is 0 Å². The van der Waals surface area contributed by atoms with E-state index in [1.165, 1.54) is 22.3 Å². The number of allylic oxidation sites excluding steroid dienone is 4. The standard InChI is InChI=1S/C11H17Cl5Si2/c1-6-11(17(12,13)18(14,15)16)9(4)7(2)8(3)10(11)5/h6H2,1-5H3. The number of hydrogen-bond donors (Lipinski definition) is 0. The molecule has 0 amide bonds. The average molecular weight is 383 g/mol. The van der Waals surface area contributed by atoms with Crippen molar-refractivity contribution in [3.63, 3.8) is 0 Å². The monoisotopic (exact) mass is 380 g/mol. The van der Waals surface area contributed by atoms with Gasteiger partial charge in [-0.05, 0) is 45.3 Å². The molecule has 104 valence electrons. The summed E-state index contributed by atoms with van der Waals surface area (Å²) in [6.45, 7) is 10.4. The van der Waals surface area contributed by atoms with Gasteiger partial charge in [0, 0.05) is 5.04 Å². The van der Waals surface area contributed by atoms with Crippen molar-refractivity contribution in [1.82, 2.24) is 0 Å². The van der Waals surface area contributed by atoms with Crippen molar-refractivity contribution in [2.75, 3.05) is 0 Å². The van der Waals surface area contributed by atoms with Crippen molar-refractivity contribution < 1.29 is 0 Å². The second kappa shape index (κ2) is 5.29. The minimum absolute atomic E-state index is 0.429. The summed E-state index contributed by atoms with van der Waals surface area (Å²) in [5.74, 6) is 0. The highest BCUT2D eigenvalue weighted by Gasteiger charge is 2.67. The van der Waals surface area contributed by atoms with Crippen molar-refractivity contribution in [2.24, 2.45) is 0 Å². The van der Waals surface area contributed by atoms with Crippen LogP contribution in [0.1, 0.15) is 41.0 Å². The Labute approximate surface area is 135 Å². The van der Waals surface area contributed by atoms with Crippen molar-refractivity contribution in [3.8, 4) is 0 Å². The van der Waals surface area contributed by atoms with Crippen molar-refractivity contribution in [2.45, 2.75) is 46.1 Å². The van der Waals surface area contributed by atoms with Crippen LogP contribution in [0.2, 0.25) is 5.04 Å². The number of hydrogen-bond acceptors (Lipinski definition) is 0. The lowest BCUT2D eigenvalue weighted by molar-refractivity contribution is 0.708. The zero-order valence-corrected chi connectivity index (χ0v) is 16.9. The van der Waals surface area contributed by atoms with Gasteiger partial charge >= 0.3 is 11.7 Å². The lowest BCUT2D eigenvalue weighted by atomic mass is 9.92.